The number of hydrogen-bond donors (Lipinski definition) is 4. The maximum absolute atomic E-state index is 11.5. The van der Waals surface area contributed by atoms with Gasteiger partial charge in [-0.05, 0) is 18.2 Å². The Hall–Kier alpha value is -2.28. The third kappa shape index (κ3) is 3.63. The van der Waals surface area contributed by atoms with Crippen LogP contribution in [-0.4, -0.2) is 24.9 Å². The predicted molar refractivity (Wildman–Crippen MR) is 71.9 cm³/mol. The Morgan fingerprint density at radius 3 is 2.56 bits per heavy atom. The molecule has 0 saturated carbocycles. The second kappa shape index (κ2) is 5.87. The van der Waals surface area contributed by atoms with Crippen LogP contribution in [0.25, 0.3) is 0 Å². The van der Waals surface area contributed by atoms with E-state index in [0.717, 1.165) is 0 Å². The number of aliphatic imine (C=N–C) groups is 2. The van der Waals surface area contributed by atoms with E-state index in [1.54, 1.807) is 6.07 Å². The van der Waals surface area contributed by atoms with Crippen LogP contribution < -0.4 is 22.5 Å². The van der Waals surface area contributed by atoms with Gasteiger partial charge in [0.15, 0.2) is 5.96 Å². The lowest BCUT2D eigenvalue weighted by Crippen LogP contribution is -2.26. The minimum absolute atomic E-state index is 0.111. The highest BCUT2D eigenvalue weighted by atomic mass is 35.5. The van der Waals surface area contributed by atoms with Crippen molar-refractivity contribution in [2.24, 2.45) is 27.2 Å². The molecule has 1 rings (SSSR count). The Morgan fingerprint density at radius 2 is 2.00 bits per heavy atom. The first-order valence-electron chi connectivity index (χ1n) is 4.89. The molecule has 1 aromatic carbocycles. The van der Waals surface area contributed by atoms with Gasteiger partial charge in [0.1, 0.15) is 0 Å². The van der Waals surface area contributed by atoms with Gasteiger partial charge in [-0.25, -0.2) is 4.99 Å². The molecule has 0 aliphatic heterocycles. The van der Waals surface area contributed by atoms with Crippen molar-refractivity contribution in [1.29, 1.82) is 0 Å². The Bertz CT molecular complexity index is 521. The van der Waals surface area contributed by atoms with Crippen LogP contribution in [0, 0.1) is 0 Å². The number of rotatable bonds is 2. The quantitative estimate of drug-likeness (QED) is 0.441. The monoisotopic (exact) mass is 268 g/mol. The Balaban J connectivity index is 3.13. The van der Waals surface area contributed by atoms with Crippen LogP contribution >= 0.6 is 11.6 Å². The number of benzene rings is 1. The summed E-state index contributed by atoms with van der Waals surface area (Å²) in [5.74, 6) is -0.630. The largest absolute Gasteiger partial charge is 0.370 e. The van der Waals surface area contributed by atoms with Gasteiger partial charge in [0.05, 0.1) is 16.3 Å². The third-order valence-corrected chi connectivity index (χ3v) is 2.24. The number of nitrogens with one attached hydrogen (secondary N) is 1. The molecule has 8 heteroatoms. The van der Waals surface area contributed by atoms with Crippen molar-refractivity contribution in [2.75, 3.05) is 7.05 Å². The van der Waals surface area contributed by atoms with Gasteiger partial charge >= 0.3 is 0 Å². The number of nitrogens with zero attached hydrogens (tertiary/aromatic N) is 2. The molecule has 7 N–H and O–H groups in total. The molecule has 1 amide bonds. The van der Waals surface area contributed by atoms with Crippen molar-refractivity contribution in [3.63, 3.8) is 0 Å². The summed E-state index contributed by atoms with van der Waals surface area (Å²) in [4.78, 5) is 19.0. The van der Waals surface area contributed by atoms with Crippen LogP contribution in [0.5, 0.6) is 0 Å². The average Bonchev–Trinajstić information content (AvgIpc) is 2.29. The van der Waals surface area contributed by atoms with E-state index in [2.05, 4.69) is 15.3 Å². The molecule has 7 nitrogen and oxygen atoms in total. The SMILES string of the molecule is CNC(=O)c1cc(N=C(N)N=C(N)N)ccc1Cl. The molecule has 0 radical (unpaired) electrons. The second-order valence-electron chi connectivity index (χ2n) is 3.25. The maximum atomic E-state index is 11.5. The van der Waals surface area contributed by atoms with Crippen LogP contribution in [0.4, 0.5) is 5.69 Å². The summed E-state index contributed by atoms with van der Waals surface area (Å²) < 4.78 is 0. The van der Waals surface area contributed by atoms with Gasteiger partial charge < -0.3 is 22.5 Å². The van der Waals surface area contributed by atoms with E-state index < -0.39 is 0 Å². The molecule has 0 saturated heterocycles. The molecule has 0 spiro atoms. The Kier molecular flexibility index (Phi) is 4.50. The highest BCUT2D eigenvalue weighted by molar-refractivity contribution is 6.34. The van der Waals surface area contributed by atoms with E-state index in [9.17, 15) is 4.79 Å². The molecule has 0 bridgehead atoms. The fourth-order valence-electron chi connectivity index (χ4n) is 1.18. The van der Waals surface area contributed by atoms with E-state index >= 15 is 0 Å². The molecule has 0 unspecified atom stereocenters. The number of carbonyl (C=O) groups is 1. The van der Waals surface area contributed by atoms with E-state index in [4.69, 9.17) is 28.8 Å². The van der Waals surface area contributed by atoms with Gasteiger partial charge in [0.2, 0.25) is 5.96 Å². The highest BCUT2D eigenvalue weighted by Gasteiger charge is 2.09. The minimum atomic E-state index is -0.322. The number of amides is 1. The lowest BCUT2D eigenvalue weighted by atomic mass is 10.2. The molecule has 0 aromatic heterocycles. The summed E-state index contributed by atoms with van der Waals surface area (Å²) in [6, 6.07) is 4.61. The van der Waals surface area contributed by atoms with E-state index in [0.29, 0.717) is 10.7 Å². The van der Waals surface area contributed by atoms with Crippen LogP contribution in [0.1, 0.15) is 10.4 Å². The number of hydrogen-bond acceptors (Lipinski definition) is 2. The third-order valence-electron chi connectivity index (χ3n) is 1.91. The maximum Gasteiger partial charge on any atom is 0.252 e. The van der Waals surface area contributed by atoms with Crippen LogP contribution in [-0.2, 0) is 0 Å². The number of guanidine groups is 2. The fraction of sp³-hybridized carbons (Fsp3) is 0.100. The summed E-state index contributed by atoms with van der Waals surface area (Å²) in [5.41, 5.74) is 16.5. The molecule has 18 heavy (non-hydrogen) atoms. The van der Waals surface area contributed by atoms with Crippen molar-refractivity contribution in [3.05, 3.63) is 28.8 Å². The first kappa shape index (κ1) is 13.8. The lowest BCUT2D eigenvalue weighted by Gasteiger charge is -2.04. The summed E-state index contributed by atoms with van der Waals surface area (Å²) in [6.07, 6.45) is 0. The zero-order chi connectivity index (χ0) is 13.7. The van der Waals surface area contributed by atoms with Gasteiger partial charge in [-0.3, -0.25) is 4.79 Å². The van der Waals surface area contributed by atoms with Crippen molar-refractivity contribution >= 4 is 35.1 Å². The Labute approximate surface area is 109 Å². The topological polar surface area (TPSA) is 132 Å². The summed E-state index contributed by atoms with van der Waals surface area (Å²) in [7, 11) is 1.50. The normalized spacial score (nSPS) is 10.9. The smallest absolute Gasteiger partial charge is 0.252 e. The van der Waals surface area contributed by atoms with E-state index in [-0.39, 0.29) is 23.4 Å². The zero-order valence-corrected chi connectivity index (χ0v) is 10.4. The molecule has 0 heterocycles. The summed E-state index contributed by atoms with van der Waals surface area (Å²) >= 11 is 5.88. The van der Waals surface area contributed by atoms with Gasteiger partial charge in [0.25, 0.3) is 5.91 Å². The van der Waals surface area contributed by atoms with Crippen molar-refractivity contribution in [2.45, 2.75) is 0 Å². The lowest BCUT2D eigenvalue weighted by molar-refractivity contribution is 0.0963. The standard InChI is InChI=1S/C10H13ClN6O/c1-15-8(18)6-4-5(2-3-7(6)11)16-10(14)17-9(12)13/h2-4H,1H3,(H,15,18)(H6,12,13,14,16,17). The van der Waals surface area contributed by atoms with Crippen LogP contribution in [0.15, 0.2) is 28.2 Å². The molecular weight excluding hydrogens is 256 g/mol. The molecule has 0 atom stereocenters. The second-order valence-corrected chi connectivity index (χ2v) is 3.66. The molecule has 0 aliphatic carbocycles. The Morgan fingerprint density at radius 1 is 1.33 bits per heavy atom. The predicted octanol–water partition coefficient (Wildman–Crippen LogP) is -0.0808. The number of halogens is 1. The molecule has 0 aliphatic rings. The minimum Gasteiger partial charge on any atom is -0.370 e. The zero-order valence-electron chi connectivity index (χ0n) is 9.64. The fourth-order valence-corrected chi connectivity index (χ4v) is 1.38. The van der Waals surface area contributed by atoms with Gasteiger partial charge in [-0.15, -0.1) is 0 Å². The number of nitrogens with two attached hydrogens (primary N) is 3. The molecule has 0 fully saturated rings. The van der Waals surface area contributed by atoms with E-state index in [1.807, 2.05) is 0 Å². The van der Waals surface area contributed by atoms with Crippen molar-refractivity contribution in [3.8, 4) is 0 Å². The van der Waals surface area contributed by atoms with Gasteiger partial charge in [-0.1, -0.05) is 11.6 Å². The molecule has 96 valence electrons. The van der Waals surface area contributed by atoms with Gasteiger partial charge in [-0.2, -0.15) is 4.99 Å². The first-order valence-corrected chi connectivity index (χ1v) is 5.27. The summed E-state index contributed by atoms with van der Waals surface area (Å²) in [6.45, 7) is 0. The van der Waals surface area contributed by atoms with E-state index in [1.165, 1.54) is 19.2 Å². The van der Waals surface area contributed by atoms with Gasteiger partial charge in [0, 0.05) is 7.05 Å². The van der Waals surface area contributed by atoms with Crippen LogP contribution in [0.3, 0.4) is 0 Å². The first-order chi connectivity index (χ1) is 8.43. The summed E-state index contributed by atoms with van der Waals surface area (Å²) in [5, 5.41) is 2.78. The van der Waals surface area contributed by atoms with Crippen LogP contribution in [0.2, 0.25) is 5.02 Å². The van der Waals surface area contributed by atoms with Crippen molar-refractivity contribution in [1.82, 2.24) is 5.32 Å². The number of carbonyl (C=O) groups excluding carboxylic acids is 1. The highest BCUT2D eigenvalue weighted by Crippen LogP contribution is 2.22. The average molecular weight is 269 g/mol. The molecular formula is C10H13ClN6O. The van der Waals surface area contributed by atoms with Crippen molar-refractivity contribution < 1.29 is 4.79 Å². The molecule has 1 aromatic rings.